The van der Waals surface area contributed by atoms with Gasteiger partial charge in [0.05, 0.1) is 6.42 Å². The van der Waals surface area contributed by atoms with Crippen molar-refractivity contribution < 1.29 is 14.7 Å². The Morgan fingerprint density at radius 2 is 1.90 bits per heavy atom. The van der Waals surface area contributed by atoms with Gasteiger partial charge in [0.2, 0.25) is 5.91 Å². The second-order valence-corrected chi connectivity index (χ2v) is 6.89. The van der Waals surface area contributed by atoms with Crippen LogP contribution in [-0.4, -0.2) is 47.0 Å². The van der Waals surface area contributed by atoms with E-state index in [0.29, 0.717) is 6.42 Å². The van der Waals surface area contributed by atoms with E-state index in [1.807, 2.05) is 18.2 Å². The molecule has 1 aliphatic carbocycles. The number of hydrogen-bond donors (Lipinski definition) is 1. The molecule has 0 aromatic carbocycles. The first-order valence-corrected chi connectivity index (χ1v) is 8.80. The smallest absolute Gasteiger partial charge is 0.303 e. The minimum atomic E-state index is -0.779. The molecule has 116 valence electrons. The molecule has 1 aliphatic rings. The molecule has 1 amide bonds. The molecular formula is C15H27NO3S. The number of aliphatic carboxylic acids is 1. The molecule has 1 fully saturated rings. The van der Waals surface area contributed by atoms with E-state index in [9.17, 15) is 9.59 Å². The Balaban J connectivity index is 2.68. The topological polar surface area (TPSA) is 57.6 Å². The van der Waals surface area contributed by atoms with Gasteiger partial charge in [-0.3, -0.25) is 9.59 Å². The van der Waals surface area contributed by atoms with E-state index in [4.69, 9.17) is 5.11 Å². The van der Waals surface area contributed by atoms with E-state index >= 15 is 0 Å². The van der Waals surface area contributed by atoms with E-state index < -0.39 is 5.97 Å². The zero-order valence-corrected chi connectivity index (χ0v) is 13.7. The van der Waals surface area contributed by atoms with Crippen LogP contribution >= 0.6 is 11.8 Å². The third kappa shape index (κ3) is 4.69. The number of carbonyl (C=O) groups is 2. The van der Waals surface area contributed by atoms with Crippen molar-refractivity contribution in [3.05, 3.63) is 0 Å². The standard InChI is InChI=1S/C15H27NO3S/c1-4-12(11-20-3)16(2)13(17)9-15(10-14(18)19)7-5-6-8-15/h12H,4-11H2,1-3H3,(H,18,19). The summed E-state index contributed by atoms with van der Waals surface area (Å²) < 4.78 is 0. The highest BCUT2D eigenvalue weighted by Crippen LogP contribution is 2.44. The molecule has 0 heterocycles. The Morgan fingerprint density at radius 3 is 2.35 bits per heavy atom. The third-order valence-corrected chi connectivity index (χ3v) is 5.21. The van der Waals surface area contributed by atoms with Crippen LogP contribution in [0.5, 0.6) is 0 Å². The normalized spacial score (nSPS) is 18.8. The summed E-state index contributed by atoms with van der Waals surface area (Å²) in [5, 5.41) is 9.10. The van der Waals surface area contributed by atoms with Crippen LogP contribution in [0.3, 0.4) is 0 Å². The van der Waals surface area contributed by atoms with Crippen LogP contribution in [0.4, 0.5) is 0 Å². The van der Waals surface area contributed by atoms with Crippen molar-refractivity contribution in [2.75, 3.05) is 19.1 Å². The zero-order chi connectivity index (χ0) is 15.2. The molecule has 1 rings (SSSR count). The monoisotopic (exact) mass is 301 g/mol. The lowest BCUT2D eigenvalue weighted by Crippen LogP contribution is -2.41. The lowest BCUT2D eigenvalue weighted by atomic mass is 9.79. The third-order valence-electron chi connectivity index (χ3n) is 4.49. The first-order valence-electron chi connectivity index (χ1n) is 7.40. The number of carboxylic acids is 1. The van der Waals surface area contributed by atoms with Gasteiger partial charge in [-0.05, 0) is 30.9 Å². The van der Waals surface area contributed by atoms with E-state index in [0.717, 1.165) is 37.9 Å². The van der Waals surface area contributed by atoms with Gasteiger partial charge in [-0.1, -0.05) is 19.8 Å². The van der Waals surface area contributed by atoms with Crippen molar-refractivity contribution in [1.29, 1.82) is 0 Å². The van der Waals surface area contributed by atoms with Gasteiger partial charge in [0.1, 0.15) is 0 Å². The van der Waals surface area contributed by atoms with E-state index in [2.05, 4.69) is 6.92 Å². The Labute approximate surface area is 126 Å². The summed E-state index contributed by atoms with van der Waals surface area (Å²) in [6.07, 6.45) is 7.35. The van der Waals surface area contributed by atoms with Crippen LogP contribution in [0.25, 0.3) is 0 Å². The minimum Gasteiger partial charge on any atom is -0.481 e. The molecule has 20 heavy (non-hydrogen) atoms. The van der Waals surface area contributed by atoms with Gasteiger partial charge in [0.15, 0.2) is 0 Å². The fourth-order valence-electron chi connectivity index (χ4n) is 3.21. The predicted octanol–water partition coefficient (Wildman–Crippen LogP) is 3.01. The second kappa shape index (κ2) is 7.91. The van der Waals surface area contributed by atoms with Crippen molar-refractivity contribution in [3.8, 4) is 0 Å². The summed E-state index contributed by atoms with van der Waals surface area (Å²) in [5.74, 6) is 0.262. The highest BCUT2D eigenvalue weighted by molar-refractivity contribution is 7.98. The highest BCUT2D eigenvalue weighted by Gasteiger charge is 2.39. The van der Waals surface area contributed by atoms with Crippen LogP contribution in [-0.2, 0) is 9.59 Å². The molecule has 0 radical (unpaired) electrons. The molecule has 1 saturated carbocycles. The molecule has 0 aromatic rings. The number of thioether (sulfide) groups is 1. The highest BCUT2D eigenvalue weighted by atomic mass is 32.2. The minimum absolute atomic E-state index is 0.106. The van der Waals surface area contributed by atoms with Gasteiger partial charge in [-0.15, -0.1) is 0 Å². The van der Waals surface area contributed by atoms with Crippen molar-refractivity contribution in [2.24, 2.45) is 5.41 Å². The van der Waals surface area contributed by atoms with Crippen LogP contribution in [0.15, 0.2) is 0 Å². The van der Waals surface area contributed by atoms with Gasteiger partial charge < -0.3 is 10.0 Å². The molecule has 0 saturated heterocycles. The van der Waals surface area contributed by atoms with E-state index in [-0.39, 0.29) is 23.8 Å². The van der Waals surface area contributed by atoms with E-state index in [1.54, 1.807) is 11.8 Å². The number of nitrogens with zero attached hydrogens (tertiary/aromatic N) is 1. The number of rotatable bonds is 8. The molecule has 4 nitrogen and oxygen atoms in total. The Kier molecular flexibility index (Phi) is 6.86. The summed E-state index contributed by atoms with van der Waals surface area (Å²) in [5.41, 5.74) is -0.297. The maximum atomic E-state index is 12.5. The summed E-state index contributed by atoms with van der Waals surface area (Å²) in [4.78, 5) is 25.4. The van der Waals surface area contributed by atoms with Crippen LogP contribution in [0.2, 0.25) is 0 Å². The number of carbonyl (C=O) groups excluding carboxylic acids is 1. The average molecular weight is 301 g/mol. The largest absolute Gasteiger partial charge is 0.481 e. The average Bonchev–Trinajstić information content (AvgIpc) is 2.82. The number of hydrogen-bond acceptors (Lipinski definition) is 3. The molecule has 0 spiro atoms. The summed E-state index contributed by atoms with van der Waals surface area (Å²) in [6.45, 7) is 2.09. The first-order chi connectivity index (χ1) is 9.44. The Morgan fingerprint density at radius 1 is 1.30 bits per heavy atom. The molecule has 0 aromatic heterocycles. The maximum Gasteiger partial charge on any atom is 0.303 e. The van der Waals surface area contributed by atoms with Crippen molar-refractivity contribution in [3.63, 3.8) is 0 Å². The van der Waals surface area contributed by atoms with Gasteiger partial charge >= 0.3 is 5.97 Å². The molecule has 1 atom stereocenters. The summed E-state index contributed by atoms with van der Waals surface area (Å²) in [7, 11) is 1.86. The summed E-state index contributed by atoms with van der Waals surface area (Å²) in [6, 6.07) is 0.251. The van der Waals surface area contributed by atoms with Crippen molar-refractivity contribution >= 4 is 23.6 Å². The molecule has 0 bridgehead atoms. The lowest BCUT2D eigenvalue weighted by molar-refractivity contribution is -0.141. The van der Waals surface area contributed by atoms with Gasteiger partial charge in [-0.25, -0.2) is 0 Å². The van der Waals surface area contributed by atoms with Crippen LogP contribution in [0.1, 0.15) is 51.9 Å². The molecular weight excluding hydrogens is 274 g/mol. The van der Waals surface area contributed by atoms with Crippen LogP contribution < -0.4 is 0 Å². The second-order valence-electron chi connectivity index (χ2n) is 5.98. The van der Waals surface area contributed by atoms with Crippen molar-refractivity contribution in [2.45, 2.75) is 57.9 Å². The SMILES string of the molecule is CCC(CSC)N(C)C(=O)CC1(CC(=O)O)CCCC1. The fourth-order valence-corrected chi connectivity index (χ4v) is 4.05. The fraction of sp³-hybridized carbons (Fsp3) is 0.867. The Hall–Kier alpha value is -0.710. The first kappa shape index (κ1) is 17.3. The molecule has 5 heteroatoms. The quantitative estimate of drug-likeness (QED) is 0.748. The maximum absolute atomic E-state index is 12.5. The molecule has 1 unspecified atom stereocenters. The van der Waals surface area contributed by atoms with Gasteiger partial charge in [-0.2, -0.15) is 11.8 Å². The number of carboxylic acid groups (broad SMARTS) is 1. The molecule has 1 N–H and O–H groups in total. The predicted molar refractivity (Wildman–Crippen MR) is 83.0 cm³/mol. The number of amides is 1. The van der Waals surface area contributed by atoms with Gasteiger partial charge in [0, 0.05) is 25.3 Å². The lowest BCUT2D eigenvalue weighted by Gasteiger charge is -2.32. The van der Waals surface area contributed by atoms with E-state index in [1.165, 1.54) is 0 Å². The summed E-state index contributed by atoms with van der Waals surface area (Å²) >= 11 is 1.74. The Bertz CT molecular complexity index is 340. The van der Waals surface area contributed by atoms with Crippen LogP contribution in [0, 0.1) is 5.41 Å². The van der Waals surface area contributed by atoms with Crippen molar-refractivity contribution in [1.82, 2.24) is 4.90 Å². The zero-order valence-electron chi connectivity index (χ0n) is 12.9. The molecule has 0 aliphatic heterocycles. The van der Waals surface area contributed by atoms with Gasteiger partial charge in [0.25, 0.3) is 0 Å².